The van der Waals surface area contributed by atoms with Gasteiger partial charge in [0.25, 0.3) is 0 Å². The van der Waals surface area contributed by atoms with Gasteiger partial charge in [-0.2, -0.15) is 0 Å². The summed E-state index contributed by atoms with van der Waals surface area (Å²) in [5.74, 6) is 0.458. The number of H-pyrrole nitrogens is 1. The predicted molar refractivity (Wildman–Crippen MR) is 94.7 cm³/mol. The van der Waals surface area contributed by atoms with Crippen LogP contribution in [0, 0.1) is 13.8 Å². The van der Waals surface area contributed by atoms with E-state index in [2.05, 4.69) is 4.98 Å². The Balaban J connectivity index is 2.01. The first-order chi connectivity index (χ1) is 11.5. The standard InChI is InChI=1S/C18H18N2O3S/c1-10-15(18(21)23-4)11(2)19-16(10)14-9-24-17(20-14)12-6-5-7-13(8-12)22-3/h5-9,19H,1-4H3. The highest BCUT2D eigenvalue weighted by Crippen LogP contribution is 2.33. The molecule has 0 amide bonds. The molecule has 0 aliphatic heterocycles. The third-order valence-electron chi connectivity index (χ3n) is 3.90. The number of nitrogens with one attached hydrogen (secondary N) is 1. The Morgan fingerprint density at radius 1 is 1.25 bits per heavy atom. The van der Waals surface area contributed by atoms with Gasteiger partial charge in [0.05, 0.1) is 31.2 Å². The van der Waals surface area contributed by atoms with Gasteiger partial charge in [0, 0.05) is 16.6 Å². The highest BCUT2D eigenvalue weighted by atomic mass is 32.1. The summed E-state index contributed by atoms with van der Waals surface area (Å²) >= 11 is 1.55. The molecule has 0 unspecified atom stereocenters. The van der Waals surface area contributed by atoms with Crippen LogP contribution in [-0.2, 0) is 4.74 Å². The lowest BCUT2D eigenvalue weighted by atomic mass is 10.1. The van der Waals surface area contributed by atoms with Crippen molar-refractivity contribution >= 4 is 17.3 Å². The number of aromatic nitrogens is 2. The smallest absolute Gasteiger partial charge is 0.339 e. The van der Waals surface area contributed by atoms with Crippen molar-refractivity contribution in [2.24, 2.45) is 0 Å². The van der Waals surface area contributed by atoms with Crippen LogP contribution in [0.4, 0.5) is 0 Å². The molecule has 1 N–H and O–H groups in total. The van der Waals surface area contributed by atoms with Crippen LogP contribution < -0.4 is 4.74 Å². The fourth-order valence-electron chi connectivity index (χ4n) is 2.69. The van der Waals surface area contributed by atoms with E-state index in [1.807, 2.05) is 43.5 Å². The fraction of sp³-hybridized carbons (Fsp3) is 0.222. The minimum absolute atomic E-state index is 0.337. The maximum atomic E-state index is 11.9. The number of carbonyl (C=O) groups is 1. The second-order valence-corrected chi connectivity index (χ2v) is 6.24. The van der Waals surface area contributed by atoms with E-state index in [1.165, 1.54) is 7.11 Å². The molecule has 0 bridgehead atoms. The van der Waals surface area contributed by atoms with E-state index < -0.39 is 0 Å². The lowest BCUT2D eigenvalue weighted by Crippen LogP contribution is -2.03. The Hall–Kier alpha value is -2.60. The van der Waals surface area contributed by atoms with Gasteiger partial charge >= 0.3 is 5.97 Å². The molecule has 5 nitrogen and oxygen atoms in total. The van der Waals surface area contributed by atoms with E-state index in [1.54, 1.807) is 18.4 Å². The van der Waals surface area contributed by atoms with Crippen molar-refractivity contribution in [3.05, 3.63) is 46.5 Å². The fourth-order valence-corrected chi connectivity index (χ4v) is 3.50. The number of benzene rings is 1. The van der Waals surface area contributed by atoms with Gasteiger partial charge < -0.3 is 14.5 Å². The molecule has 3 rings (SSSR count). The number of carbonyl (C=O) groups excluding carboxylic acids is 1. The second-order valence-electron chi connectivity index (χ2n) is 5.39. The molecule has 0 fully saturated rings. The topological polar surface area (TPSA) is 64.2 Å². The summed E-state index contributed by atoms with van der Waals surface area (Å²) in [5, 5.41) is 2.88. The summed E-state index contributed by atoms with van der Waals surface area (Å²) in [6, 6.07) is 7.79. The van der Waals surface area contributed by atoms with Crippen LogP contribution in [0.25, 0.3) is 22.0 Å². The Morgan fingerprint density at radius 2 is 2.04 bits per heavy atom. The summed E-state index contributed by atoms with van der Waals surface area (Å²) in [6.45, 7) is 3.76. The van der Waals surface area contributed by atoms with Crippen LogP contribution in [0.1, 0.15) is 21.6 Å². The minimum Gasteiger partial charge on any atom is -0.497 e. The molecule has 24 heavy (non-hydrogen) atoms. The number of thiazole rings is 1. The molecular weight excluding hydrogens is 324 g/mol. The zero-order valence-corrected chi connectivity index (χ0v) is 14.8. The molecular formula is C18H18N2O3S. The van der Waals surface area contributed by atoms with Crippen LogP contribution >= 0.6 is 11.3 Å². The molecule has 0 aliphatic carbocycles. The van der Waals surface area contributed by atoms with E-state index in [9.17, 15) is 4.79 Å². The van der Waals surface area contributed by atoms with Gasteiger partial charge in [0.2, 0.25) is 0 Å². The van der Waals surface area contributed by atoms with E-state index in [0.29, 0.717) is 5.56 Å². The number of esters is 1. The van der Waals surface area contributed by atoms with Crippen LogP contribution in [0.3, 0.4) is 0 Å². The van der Waals surface area contributed by atoms with Gasteiger partial charge in [0.15, 0.2) is 0 Å². The summed E-state index contributed by atoms with van der Waals surface area (Å²) in [6.07, 6.45) is 0. The van der Waals surface area contributed by atoms with Crippen LogP contribution in [0.15, 0.2) is 29.6 Å². The first-order valence-electron chi connectivity index (χ1n) is 7.43. The maximum absolute atomic E-state index is 11.9. The van der Waals surface area contributed by atoms with Gasteiger partial charge in [-0.1, -0.05) is 12.1 Å². The molecule has 0 radical (unpaired) electrons. The summed E-state index contributed by atoms with van der Waals surface area (Å²) in [5.41, 5.74) is 4.86. The quantitative estimate of drug-likeness (QED) is 0.721. The normalized spacial score (nSPS) is 10.7. The van der Waals surface area contributed by atoms with Crippen molar-refractivity contribution in [1.29, 1.82) is 0 Å². The molecule has 3 aromatic rings. The molecule has 0 saturated carbocycles. The molecule has 1 aromatic carbocycles. The largest absolute Gasteiger partial charge is 0.497 e. The van der Waals surface area contributed by atoms with Crippen LogP contribution in [0.2, 0.25) is 0 Å². The van der Waals surface area contributed by atoms with Crippen molar-refractivity contribution in [1.82, 2.24) is 9.97 Å². The third-order valence-corrected chi connectivity index (χ3v) is 4.80. The van der Waals surface area contributed by atoms with Gasteiger partial charge in [-0.15, -0.1) is 11.3 Å². The lowest BCUT2D eigenvalue weighted by molar-refractivity contribution is 0.0599. The third kappa shape index (κ3) is 2.80. The van der Waals surface area contributed by atoms with Crippen molar-refractivity contribution in [2.45, 2.75) is 13.8 Å². The van der Waals surface area contributed by atoms with Crippen molar-refractivity contribution in [2.75, 3.05) is 14.2 Å². The van der Waals surface area contributed by atoms with E-state index >= 15 is 0 Å². The van der Waals surface area contributed by atoms with Gasteiger partial charge in [-0.25, -0.2) is 9.78 Å². The number of aryl methyl sites for hydroxylation is 1. The first kappa shape index (κ1) is 16.3. The Bertz CT molecular complexity index is 896. The highest BCUT2D eigenvalue weighted by Gasteiger charge is 2.21. The van der Waals surface area contributed by atoms with Crippen LogP contribution in [-0.4, -0.2) is 30.2 Å². The Morgan fingerprint density at radius 3 is 2.75 bits per heavy atom. The number of hydrogen-bond donors (Lipinski definition) is 1. The molecule has 6 heteroatoms. The van der Waals surface area contributed by atoms with E-state index in [4.69, 9.17) is 14.5 Å². The number of aromatic amines is 1. The predicted octanol–water partition coefficient (Wildman–Crippen LogP) is 4.22. The Kier molecular flexibility index (Phi) is 4.40. The second kappa shape index (κ2) is 6.49. The zero-order chi connectivity index (χ0) is 17.3. The summed E-state index contributed by atoms with van der Waals surface area (Å²) in [4.78, 5) is 19.9. The average Bonchev–Trinajstić information content (AvgIpc) is 3.19. The molecule has 0 aliphatic rings. The van der Waals surface area contributed by atoms with Crippen molar-refractivity contribution in [3.8, 4) is 27.7 Å². The highest BCUT2D eigenvalue weighted by molar-refractivity contribution is 7.13. The molecule has 124 valence electrons. The van der Waals surface area contributed by atoms with Gasteiger partial charge in [-0.3, -0.25) is 0 Å². The lowest BCUT2D eigenvalue weighted by Gasteiger charge is -2.01. The maximum Gasteiger partial charge on any atom is 0.339 e. The van der Waals surface area contributed by atoms with E-state index in [0.717, 1.165) is 39.0 Å². The molecule has 2 aromatic heterocycles. The van der Waals surface area contributed by atoms with Gasteiger partial charge in [-0.05, 0) is 31.5 Å². The van der Waals surface area contributed by atoms with Crippen LogP contribution in [0.5, 0.6) is 5.75 Å². The molecule has 0 saturated heterocycles. The number of rotatable bonds is 4. The van der Waals surface area contributed by atoms with Crippen molar-refractivity contribution in [3.63, 3.8) is 0 Å². The monoisotopic (exact) mass is 342 g/mol. The number of methoxy groups -OCH3 is 2. The number of nitrogens with zero attached hydrogens (tertiary/aromatic N) is 1. The zero-order valence-electron chi connectivity index (χ0n) is 14.0. The van der Waals surface area contributed by atoms with E-state index in [-0.39, 0.29) is 5.97 Å². The molecule has 0 atom stereocenters. The first-order valence-corrected chi connectivity index (χ1v) is 8.31. The molecule has 2 heterocycles. The number of ether oxygens (including phenoxy) is 2. The number of hydrogen-bond acceptors (Lipinski definition) is 5. The molecule has 0 spiro atoms. The average molecular weight is 342 g/mol. The summed E-state index contributed by atoms with van der Waals surface area (Å²) in [7, 11) is 3.03. The SMILES string of the molecule is COC(=O)c1c(C)[nH]c(-c2csc(-c3cccc(OC)c3)n2)c1C. The Labute approximate surface area is 144 Å². The van der Waals surface area contributed by atoms with Crippen molar-refractivity contribution < 1.29 is 14.3 Å². The minimum atomic E-state index is -0.337. The summed E-state index contributed by atoms with van der Waals surface area (Å²) < 4.78 is 10.1. The van der Waals surface area contributed by atoms with Gasteiger partial charge in [0.1, 0.15) is 10.8 Å².